The van der Waals surface area contributed by atoms with Gasteiger partial charge in [-0.1, -0.05) is 41.9 Å². The number of rotatable bonds is 1. The molecule has 3 heteroatoms. The van der Waals surface area contributed by atoms with Crippen LogP contribution in [-0.4, -0.2) is 23.9 Å². The van der Waals surface area contributed by atoms with Crippen molar-refractivity contribution in [2.24, 2.45) is 11.8 Å². The van der Waals surface area contributed by atoms with Crippen molar-refractivity contribution in [3.05, 3.63) is 46.4 Å². The summed E-state index contributed by atoms with van der Waals surface area (Å²) in [6, 6.07) is 12.1. The van der Waals surface area contributed by atoms with Crippen molar-refractivity contribution in [2.45, 2.75) is 20.3 Å². The quantitative estimate of drug-likeness (QED) is 0.732. The van der Waals surface area contributed by atoms with Gasteiger partial charge in [0, 0.05) is 23.1 Å². The van der Waals surface area contributed by atoms with Crippen LogP contribution >= 0.6 is 15.9 Å². The summed E-state index contributed by atoms with van der Waals surface area (Å²) in [5, 5.41) is 2.27. The molecular formula is C18H20BrNO. The van der Waals surface area contributed by atoms with Crippen LogP contribution in [-0.2, 0) is 0 Å². The molecule has 0 bridgehead atoms. The normalized spacial score (nSPS) is 22.5. The van der Waals surface area contributed by atoms with Crippen LogP contribution in [0.15, 0.2) is 40.9 Å². The van der Waals surface area contributed by atoms with Crippen LogP contribution in [0.5, 0.6) is 0 Å². The van der Waals surface area contributed by atoms with Crippen molar-refractivity contribution in [2.75, 3.05) is 13.1 Å². The second-order valence-electron chi connectivity index (χ2n) is 6.36. The number of carbonyl (C=O) groups excluding carboxylic acids is 1. The SMILES string of the molecule is CC1CC(C)CN(C(=O)c2ccc3cc(Br)ccc3c2)C1. The predicted octanol–water partition coefficient (Wildman–Crippen LogP) is 4.72. The number of amides is 1. The Kier molecular flexibility index (Phi) is 4.03. The van der Waals surface area contributed by atoms with E-state index >= 15 is 0 Å². The standard InChI is InChI=1S/C18H20BrNO/c1-12-7-13(2)11-20(10-12)18(21)16-4-3-15-9-17(19)6-5-14(15)8-16/h3-6,8-9,12-13H,7,10-11H2,1-2H3. The summed E-state index contributed by atoms with van der Waals surface area (Å²) in [5.74, 6) is 1.35. The van der Waals surface area contributed by atoms with E-state index in [0.717, 1.165) is 33.9 Å². The van der Waals surface area contributed by atoms with Gasteiger partial charge >= 0.3 is 0 Å². The lowest BCUT2D eigenvalue weighted by Crippen LogP contribution is -2.42. The summed E-state index contributed by atoms with van der Waals surface area (Å²) >= 11 is 3.48. The third kappa shape index (κ3) is 3.13. The van der Waals surface area contributed by atoms with E-state index < -0.39 is 0 Å². The van der Waals surface area contributed by atoms with Gasteiger partial charge in [-0.3, -0.25) is 4.79 Å². The minimum atomic E-state index is 0.165. The highest BCUT2D eigenvalue weighted by Crippen LogP contribution is 2.25. The van der Waals surface area contributed by atoms with E-state index in [1.54, 1.807) is 0 Å². The van der Waals surface area contributed by atoms with Crippen LogP contribution in [0.3, 0.4) is 0 Å². The van der Waals surface area contributed by atoms with Crippen LogP contribution < -0.4 is 0 Å². The van der Waals surface area contributed by atoms with Gasteiger partial charge in [-0.15, -0.1) is 0 Å². The zero-order chi connectivity index (χ0) is 15.0. The average molecular weight is 346 g/mol. The third-order valence-corrected chi connectivity index (χ3v) is 4.70. The molecule has 110 valence electrons. The van der Waals surface area contributed by atoms with Crippen LogP contribution in [0.2, 0.25) is 0 Å². The molecule has 0 aromatic heterocycles. The molecule has 2 aromatic carbocycles. The maximum atomic E-state index is 12.7. The smallest absolute Gasteiger partial charge is 0.253 e. The molecule has 0 spiro atoms. The van der Waals surface area contributed by atoms with E-state index in [-0.39, 0.29) is 5.91 Å². The molecule has 1 amide bonds. The molecule has 3 rings (SSSR count). The van der Waals surface area contributed by atoms with Crippen LogP contribution in [0.4, 0.5) is 0 Å². The topological polar surface area (TPSA) is 20.3 Å². The van der Waals surface area contributed by atoms with Crippen molar-refractivity contribution >= 4 is 32.6 Å². The number of halogens is 1. The summed E-state index contributed by atoms with van der Waals surface area (Å²) in [5.41, 5.74) is 0.797. The fourth-order valence-electron chi connectivity index (χ4n) is 3.36. The van der Waals surface area contributed by atoms with Gasteiger partial charge in [0.05, 0.1) is 0 Å². The van der Waals surface area contributed by atoms with Gasteiger partial charge in [-0.05, 0) is 53.3 Å². The molecule has 1 aliphatic rings. The molecule has 1 saturated heterocycles. The highest BCUT2D eigenvalue weighted by atomic mass is 79.9. The molecule has 1 heterocycles. The number of likely N-dealkylation sites (tertiary alicyclic amines) is 1. The lowest BCUT2D eigenvalue weighted by atomic mass is 9.91. The molecule has 0 saturated carbocycles. The Labute approximate surface area is 134 Å². The molecule has 0 radical (unpaired) electrons. The Morgan fingerprint density at radius 2 is 1.67 bits per heavy atom. The Morgan fingerprint density at radius 3 is 2.38 bits per heavy atom. The van der Waals surface area contributed by atoms with Gasteiger partial charge in [-0.2, -0.15) is 0 Å². The van der Waals surface area contributed by atoms with Gasteiger partial charge in [-0.25, -0.2) is 0 Å². The van der Waals surface area contributed by atoms with Crippen molar-refractivity contribution in [3.63, 3.8) is 0 Å². The Hall–Kier alpha value is -1.35. The Morgan fingerprint density at radius 1 is 1.05 bits per heavy atom. The van der Waals surface area contributed by atoms with Crippen molar-refractivity contribution in [1.29, 1.82) is 0 Å². The maximum Gasteiger partial charge on any atom is 0.253 e. The molecule has 0 aliphatic carbocycles. The maximum absolute atomic E-state index is 12.7. The first-order valence-corrected chi connectivity index (χ1v) is 8.31. The molecule has 2 aromatic rings. The zero-order valence-electron chi connectivity index (χ0n) is 12.5. The first kappa shape index (κ1) is 14.6. The van der Waals surface area contributed by atoms with Crippen molar-refractivity contribution < 1.29 is 4.79 Å². The number of nitrogens with zero attached hydrogens (tertiary/aromatic N) is 1. The second kappa shape index (κ2) is 5.80. The van der Waals surface area contributed by atoms with E-state index in [1.165, 1.54) is 6.42 Å². The minimum absolute atomic E-state index is 0.165. The van der Waals surface area contributed by atoms with Gasteiger partial charge in [0.2, 0.25) is 0 Å². The predicted molar refractivity (Wildman–Crippen MR) is 90.5 cm³/mol. The highest BCUT2D eigenvalue weighted by Gasteiger charge is 2.26. The number of carbonyl (C=O) groups is 1. The molecule has 0 N–H and O–H groups in total. The largest absolute Gasteiger partial charge is 0.338 e. The molecule has 21 heavy (non-hydrogen) atoms. The zero-order valence-corrected chi connectivity index (χ0v) is 14.1. The number of hydrogen-bond acceptors (Lipinski definition) is 1. The number of hydrogen-bond donors (Lipinski definition) is 0. The molecular weight excluding hydrogens is 326 g/mol. The number of benzene rings is 2. The molecule has 2 atom stereocenters. The fraction of sp³-hybridized carbons (Fsp3) is 0.389. The summed E-state index contributed by atoms with van der Waals surface area (Å²) in [6.07, 6.45) is 1.22. The van der Waals surface area contributed by atoms with Gasteiger partial charge in [0.1, 0.15) is 0 Å². The Bertz CT molecular complexity index is 672. The second-order valence-corrected chi connectivity index (χ2v) is 7.28. The average Bonchev–Trinajstić information content (AvgIpc) is 2.45. The fourth-order valence-corrected chi connectivity index (χ4v) is 3.74. The van der Waals surface area contributed by atoms with E-state index in [0.29, 0.717) is 11.8 Å². The Balaban J connectivity index is 1.89. The lowest BCUT2D eigenvalue weighted by molar-refractivity contribution is 0.0623. The lowest BCUT2D eigenvalue weighted by Gasteiger charge is -2.35. The van der Waals surface area contributed by atoms with Crippen molar-refractivity contribution in [3.8, 4) is 0 Å². The minimum Gasteiger partial charge on any atom is -0.338 e. The molecule has 1 fully saturated rings. The van der Waals surface area contributed by atoms with Gasteiger partial charge in [0.25, 0.3) is 5.91 Å². The molecule has 2 unspecified atom stereocenters. The first-order chi connectivity index (χ1) is 10.0. The van der Waals surface area contributed by atoms with Crippen LogP contribution in [0.25, 0.3) is 10.8 Å². The van der Waals surface area contributed by atoms with Gasteiger partial charge in [0.15, 0.2) is 0 Å². The summed E-state index contributed by atoms with van der Waals surface area (Å²) < 4.78 is 1.06. The van der Waals surface area contributed by atoms with E-state index in [2.05, 4.69) is 41.9 Å². The monoisotopic (exact) mass is 345 g/mol. The van der Waals surface area contributed by atoms with E-state index in [9.17, 15) is 4.79 Å². The summed E-state index contributed by atoms with van der Waals surface area (Å²) in [6.45, 7) is 6.21. The van der Waals surface area contributed by atoms with E-state index in [1.807, 2.05) is 29.2 Å². The highest BCUT2D eigenvalue weighted by molar-refractivity contribution is 9.10. The summed E-state index contributed by atoms with van der Waals surface area (Å²) in [7, 11) is 0. The van der Waals surface area contributed by atoms with Gasteiger partial charge < -0.3 is 4.90 Å². The van der Waals surface area contributed by atoms with Crippen LogP contribution in [0.1, 0.15) is 30.6 Å². The van der Waals surface area contributed by atoms with Crippen molar-refractivity contribution in [1.82, 2.24) is 4.90 Å². The van der Waals surface area contributed by atoms with E-state index in [4.69, 9.17) is 0 Å². The number of piperidine rings is 1. The first-order valence-electron chi connectivity index (χ1n) is 7.51. The summed E-state index contributed by atoms with van der Waals surface area (Å²) in [4.78, 5) is 14.7. The molecule has 1 aliphatic heterocycles. The number of fused-ring (bicyclic) bond motifs is 1. The molecule has 2 nitrogen and oxygen atoms in total. The third-order valence-electron chi connectivity index (χ3n) is 4.21. The van der Waals surface area contributed by atoms with Crippen LogP contribution in [0, 0.1) is 11.8 Å².